The number of hydrogen-bond donors (Lipinski definition) is 1. The van der Waals surface area contributed by atoms with E-state index in [9.17, 15) is 4.79 Å². The summed E-state index contributed by atoms with van der Waals surface area (Å²) in [4.78, 5) is 14.2. The summed E-state index contributed by atoms with van der Waals surface area (Å²) in [5.41, 5.74) is 6.77. The van der Waals surface area contributed by atoms with Gasteiger partial charge in [-0.1, -0.05) is 0 Å². The normalized spacial score (nSPS) is 28.4. The highest BCUT2D eigenvalue weighted by atomic mass is 16.5. The van der Waals surface area contributed by atoms with Crippen molar-refractivity contribution in [1.82, 2.24) is 14.7 Å². The van der Waals surface area contributed by atoms with Crippen molar-refractivity contribution in [1.29, 1.82) is 0 Å². The Kier molecular flexibility index (Phi) is 2.83. The number of aromatic nitrogens is 2. The van der Waals surface area contributed by atoms with Gasteiger partial charge in [0.25, 0.3) is 0 Å². The van der Waals surface area contributed by atoms with Gasteiger partial charge >= 0.3 is 0 Å². The smallest absolute Gasteiger partial charge is 0.244 e. The second kappa shape index (κ2) is 4.37. The van der Waals surface area contributed by atoms with Gasteiger partial charge in [0.1, 0.15) is 6.04 Å². The van der Waals surface area contributed by atoms with Gasteiger partial charge in [-0.25, -0.2) is 0 Å². The number of amides is 1. The third kappa shape index (κ3) is 2.02. The van der Waals surface area contributed by atoms with Gasteiger partial charge in [0.05, 0.1) is 18.4 Å². The largest absolute Gasteiger partial charge is 0.371 e. The van der Waals surface area contributed by atoms with Crippen LogP contribution in [0.1, 0.15) is 24.4 Å². The maximum absolute atomic E-state index is 12.3. The van der Waals surface area contributed by atoms with E-state index in [0.717, 1.165) is 18.4 Å². The molecule has 2 aliphatic rings. The first-order valence-electron chi connectivity index (χ1n) is 6.32. The summed E-state index contributed by atoms with van der Waals surface area (Å²) in [5.74, 6) is -0.0248. The van der Waals surface area contributed by atoms with E-state index >= 15 is 0 Å². The molecule has 1 aromatic rings. The fourth-order valence-corrected chi connectivity index (χ4v) is 2.73. The molecular formula is C12H18N4O2. The summed E-state index contributed by atoms with van der Waals surface area (Å²) in [6, 6.07) is -0.615. The first kappa shape index (κ1) is 11.7. The van der Waals surface area contributed by atoms with Crippen LogP contribution in [0.2, 0.25) is 0 Å². The summed E-state index contributed by atoms with van der Waals surface area (Å²) < 4.78 is 7.37. The molecular weight excluding hydrogens is 232 g/mol. The molecule has 2 aliphatic heterocycles. The molecule has 98 valence electrons. The fourth-order valence-electron chi connectivity index (χ4n) is 2.73. The molecule has 2 N–H and O–H groups in total. The second-order valence-electron chi connectivity index (χ2n) is 5.13. The van der Waals surface area contributed by atoms with E-state index < -0.39 is 6.04 Å². The standard InChI is InChI=1S/C12H18N4O2/c1-15-5-8(4-14-15)11(13)12(17)16-6-9-2-3-10(7-16)18-9/h4-5,9-11H,2-3,6-7,13H2,1H3. The molecule has 2 saturated heterocycles. The van der Waals surface area contributed by atoms with Gasteiger partial charge in [-0.3, -0.25) is 9.48 Å². The molecule has 2 bridgehead atoms. The van der Waals surface area contributed by atoms with Gasteiger partial charge in [0.2, 0.25) is 5.91 Å². The Labute approximate surface area is 106 Å². The summed E-state index contributed by atoms with van der Waals surface area (Å²) in [5, 5.41) is 4.05. The van der Waals surface area contributed by atoms with Crippen LogP contribution >= 0.6 is 0 Å². The molecule has 6 nitrogen and oxygen atoms in total. The maximum Gasteiger partial charge on any atom is 0.244 e. The monoisotopic (exact) mass is 250 g/mol. The van der Waals surface area contributed by atoms with Crippen LogP contribution in [0.5, 0.6) is 0 Å². The van der Waals surface area contributed by atoms with E-state index in [0.29, 0.717) is 13.1 Å². The van der Waals surface area contributed by atoms with Gasteiger partial charge in [0.15, 0.2) is 0 Å². The number of nitrogens with zero attached hydrogens (tertiary/aromatic N) is 3. The fraction of sp³-hybridized carbons (Fsp3) is 0.667. The number of carbonyl (C=O) groups is 1. The molecule has 0 spiro atoms. The van der Waals surface area contributed by atoms with Gasteiger partial charge in [-0.2, -0.15) is 5.10 Å². The number of nitrogens with two attached hydrogens (primary N) is 1. The molecule has 0 aromatic carbocycles. The highest BCUT2D eigenvalue weighted by molar-refractivity contribution is 5.83. The third-order valence-corrected chi connectivity index (χ3v) is 3.71. The Balaban J connectivity index is 1.70. The Morgan fingerprint density at radius 1 is 1.50 bits per heavy atom. The van der Waals surface area contributed by atoms with Crippen LogP contribution in [0.3, 0.4) is 0 Å². The predicted octanol–water partition coefficient (Wildman–Crippen LogP) is -0.190. The lowest BCUT2D eigenvalue weighted by Crippen LogP contribution is -2.48. The zero-order valence-corrected chi connectivity index (χ0v) is 10.5. The molecule has 3 heterocycles. The molecule has 1 amide bonds. The van der Waals surface area contributed by atoms with Crippen molar-refractivity contribution in [3.8, 4) is 0 Å². The van der Waals surface area contributed by atoms with Gasteiger partial charge in [0, 0.05) is 31.9 Å². The lowest BCUT2D eigenvalue weighted by Gasteiger charge is -2.33. The molecule has 0 saturated carbocycles. The van der Waals surface area contributed by atoms with E-state index in [1.54, 1.807) is 17.1 Å². The first-order valence-corrected chi connectivity index (χ1v) is 6.32. The highest BCUT2D eigenvalue weighted by Crippen LogP contribution is 2.27. The molecule has 18 heavy (non-hydrogen) atoms. The van der Waals surface area contributed by atoms with Crippen LogP contribution in [-0.4, -0.2) is 45.9 Å². The topological polar surface area (TPSA) is 73.4 Å². The van der Waals surface area contributed by atoms with Crippen LogP contribution in [0.4, 0.5) is 0 Å². The van der Waals surface area contributed by atoms with Crippen molar-refractivity contribution < 1.29 is 9.53 Å². The molecule has 0 aliphatic carbocycles. The second-order valence-corrected chi connectivity index (χ2v) is 5.13. The lowest BCUT2D eigenvalue weighted by molar-refractivity contribution is -0.141. The van der Waals surface area contributed by atoms with Crippen LogP contribution in [-0.2, 0) is 16.6 Å². The van der Waals surface area contributed by atoms with Crippen molar-refractivity contribution in [2.45, 2.75) is 31.1 Å². The Hall–Kier alpha value is -1.40. The molecule has 3 unspecified atom stereocenters. The number of rotatable bonds is 2. The number of carbonyl (C=O) groups excluding carboxylic acids is 1. The zero-order valence-electron chi connectivity index (χ0n) is 10.5. The van der Waals surface area contributed by atoms with Crippen LogP contribution in [0, 0.1) is 0 Å². The minimum Gasteiger partial charge on any atom is -0.371 e. The summed E-state index contributed by atoms with van der Waals surface area (Å²) in [6.45, 7) is 1.34. The summed E-state index contributed by atoms with van der Waals surface area (Å²) in [6.07, 6.45) is 5.95. The Morgan fingerprint density at radius 3 is 2.72 bits per heavy atom. The molecule has 3 rings (SSSR count). The van der Waals surface area contributed by atoms with Crippen molar-refractivity contribution in [2.24, 2.45) is 12.8 Å². The summed E-state index contributed by atoms with van der Waals surface area (Å²) >= 11 is 0. The van der Waals surface area contributed by atoms with Gasteiger partial charge in [-0.15, -0.1) is 0 Å². The number of hydrogen-bond acceptors (Lipinski definition) is 4. The van der Waals surface area contributed by atoms with Crippen molar-refractivity contribution >= 4 is 5.91 Å². The van der Waals surface area contributed by atoms with Crippen LogP contribution in [0.25, 0.3) is 0 Å². The first-order chi connectivity index (χ1) is 8.63. The van der Waals surface area contributed by atoms with E-state index in [1.807, 2.05) is 11.9 Å². The Morgan fingerprint density at radius 2 is 2.17 bits per heavy atom. The minimum absolute atomic E-state index is 0.0248. The van der Waals surface area contributed by atoms with Crippen molar-refractivity contribution in [2.75, 3.05) is 13.1 Å². The SMILES string of the molecule is Cn1cc(C(N)C(=O)N2CC3CCC(C2)O3)cn1. The molecule has 1 aromatic heterocycles. The lowest BCUT2D eigenvalue weighted by atomic mass is 10.1. The number of morpholine rings is 1. The van der Waals surface area contributed by atoms with E-state index in [2.05, 4.69) is 5.10 Å². The average molecular weight is 250 g/mol. The Bertz CT molecular complexity index is 447. The van der Waals surface area contributed by atoms with Crippen LogP contribution < -0.4 is 5.73 Å². The summed E-state index contributed by atoms with van der Waals surface area (Å²) in [7, 11) is 1.82. The van der Waals surface area contributed by atoms with Gasteiger partial charge < -0.3 is 15.4 Å². The van der Waals surface area contributed by atoms with E-state index in [1.165, 1.54) is 0 Å². The zero-order chi connectivity index (χ0) is 12.7. The van der Waals surface area contributed by atoms with Crippen molar-refractivity contribution in [3.63, 3.8) is 0 Å². The maximum atomic E-state index is 12.3. The van der Waals surface area contributed by atoms with Gasteiger partial charge in [-0.05, 0) is 12.8 Å². The molecule has 2 fully saturated rings. The minimum atomic E-state index is -0.615. The third-order valence-electron chi connectivity index (χ3n) is 3.71. The number of fused-ring (bicyclic) bond motifs is 2. The average Bonchev–Trinajstić information content (AvgIpc) is 2.94. The number of ether oxygens (including phenoxy) is 1. The molecule has 0 radical (unpaired) electrons. The van der Waals surface area contributed by atoms with Crippen LogP contribution in [0.15, 0.2) is 12.4 Å². The molecule has 3 atom stereocenters. The quantitative estimate of drug-likeness (QED) is 0.789. The predicted molar refractivity (Wildman–Crippen MR) is 64.6 cm³/mol. The van der Waals surface area contributed by atoms with E-state index in [-0.39, 0.29) is 18.1 Å². The molecule has 6 heteroatoms. The highest BCUT2D eigenvalue weighted by Gasteiger charge is 2.37. The van der Waals surface area contributed by atoms with Crippen molar-refractivity contribution in [3.05, 3.63) is 18.0 Å². The van der Waals surface area contributed by atoms with E-state index in [4.69, 9.17) is 10.5 Å². The number of aryl methyl sites for hydroxylation is 1. The number of likely N-dealkylation sites (tertiary alicyclic amines) is 1.